The summed E-state index contributed by atoms with van der Waals surface area (Å²) in [6, 6.07) is 8.47. The number of benzene rings is 1. The number of nitrogens with two attached hydrogens (primary N) is 1. The lowest BCUT2D eigenvalue weighted by atomic mass is 10.0. The quantitative estimate of drug-likeness (QED) is 0.705. The Kier molecular flexibility index (Phi) is 7.20. The van der Waals surface area contributed by atoms with E-state index in [1.807, 2.05) is 0 Å². The van der Waals surface area contributed by atoms with E-state index in [4.69, 9.17) is 16.9 Å². The van der Waals surface area contributed by atoms with Crippen molar-refractivity contribution < 1.29 is 4.74 Å². The van der Waals surface area contributed by atoms with Crippen LogP contribution in [0.1, 0.15) is 36.9 Å². The van der Waals surface area contributed by atoms with Crippen LogP contribution in [0.15, 0.2) is 24.3 Å². The van der Waals surface area contributed by atoms with Gasteiger partial charge in [0.25, 0.3) is 0 Å². The molecule has 1 aromatic carbocycles. The van der Waals surface area contributed by atoms with Crippen LogP contribution in [-0.4, -0.2) is 19.7 Å². The lowest BCUT2D eigenvalue weighted by Gasteiger charge is -2.22. The molecule has 0 saturated heterocycles. The maximum atomic E-state index is 5.84. The van der Waals surface area contributed by atoms with Gasteiger partial charge in [0.15, 0.2) is 0 Å². The Balaban J connectivity index is 2.71. The van der Waals surface area contributed by atoms with E-state index < -0.39 is 0 Å². The fraction of sp³-hybridized carbons (Fsp3) is 0.500. The number of hydrogen-bond acceptors (Lipinski definition) is 3. The molecule has 0 bridgehead atoms. The molecule has 0 amide bonds. The Morgan fingerprint density at radius 3 is 2.53 bits per heavy atom. The Morgan fingerprint density at radius 2 is 2.05 bits per heavy atom. The van der Waals surface area contributed by atoms with Gasteiger partial charge in [0, 0.05) is 19.7 Å². The molecular formula is C16H24N2O. The van der Waals surface area contributed by atoms with E-state index in [9.17, 15) is 0 Å². The minimum absolute atomic E-state index is 0.0807. The van der Waals surface area contributed by atoms with E-state index in [2.05, 4.69) is 42.4 Å². The second-order valence-corrected chi connectivity index (χ2v) is 4.64. The molecule has 19 heavy (non-hydrogen) atoms. The van der Waals surface area contributed by atoms with Crippen molar-refractivity contribution in [2.75, 3.05) is 13.7 Å². The zero-order chi connectivity index (χ0) is 14.1. The second kappa shape index (κ2) is 8.71. The molecule has 2 atom stereocenters. The first kappa shape index (κ1) is 15.7. The van der Waals surface area contributed by atoms with Crippen molar-refractivity contribution >= 4 is 0 Å². The first-order chi connectivity index (χ1) is 9.24. The van der Waals surface area contributed by atoms with E-state index in [0.717, 1.165) is 18.4 Å². The normalized spacial score (nSPS) is 13.8. The average Bonchev–Trinajstić information content (AvgIpc) is 2.45. The number of nitrogens with one attached hydrogen (secondary N) is 1. The summed E-state index contributed by atoms with van der Waals surface area (Å²) in [5.41, 5.74) is 8.17. The molecule has 0 saturated carbocycles. The smallest absolute Gasteiger partial charge is 0.0713 e. The first-order valence-electron chi connectivity index (χ1n) is 6.75. The highest BCUT2D eigenvalue weighted by Gasteiger charge is 2.13. The van der Waals surface area contributed by atoms with Crippen molar-refractivity contribution in [3.05, 3.63) is 35.4 Å². The molecule has 104 valence electrons. The molecule has 0 spiro atoms. The third-order valence-electron chi connectivity index (χ3n) is 3.11. The zero-order valence-corrected chi connectivity index (χ0v) is 11.9. The summed E-state index contributed by atoms with van der Waals surface area (Å²) in [5.74, 6) is 2.78. The topological polar surface area (TPSA) is 47.3 Å². The lowest BCUT2D eigenvalue weighted by molar-refractivity contribution is 0.185. The summed E-state index contributed by atoms with van der Waals surface area (Å²) < 4.78 is 5.10. The number of ether oxygens (including phenoxy) is 1. The fourth-order valence-electron chi connectivity index (χ4n) is 2.06. The predicted molar refractivity (Wildman–Crippen MR) is 79.6 cm³/mol. The molecule has 1 aromatic rings. The monoisotopic (exact) mass is 260 g/mol. The summed E-state index contributed by atoms with van der Waals surface area (Å²) in [4.78, 5) is 0. The summed E-state index contributed by atoms with van der Waals surface area (Å²) >= 11 is 0. The number of rotatable bonds is 8. The maximum absolute atomic E-state index is 5.84. The summed E-state index contributed by atoms with van der Waals surface area (Å²) in [7, 11) is 1.69. The fourth-order valence-corrected chi connectivity index (χ4v) is 2.06. The molecule has 3 heteroatoms. The van der Waals surface area contributed by atoms with Gasteiger partial charge in [0.1, 0.15) is 0 Å². The highest BCUT2D eigenvalue weighted by atomic mass is 16.5. The van der Waals surface area contributed by atoms with Crippen LogP contribution < -0.4 is 11.1 Å². The van der Waals surface area contributed by atoms with E-state index >= 15 is 0 Å². The second-order valence-electron chi connectivity index (χ2n) is 4.64. The van der Waals surface area contributed by atoms with Gasteiger partial charge >= 0.3 is 0 Å². The molecule has 0 aliphatic carbocycles. The molecule has 2 unspecified atom stereocenters. The largest absolute Gasteiger partial charge is 0.380 e. The van der Waals surface area contributed by atoms with Crippen molar-refractivity contribution in [2.45, 2.75) is 38.5 Å². The molecule has 3 N–H and O–H groups in total. The van der Waals surface area contributed by atoms with Crippen molar-refractivity contribution in [2.24, 2.45) is 5.73 Å². The van der Waals surface area contributed by atoms with Gasteiger partial charge in [-0.25, -0.2) is 0 Å². The van der Waals surface area contributed by atoms with Crippen LogP contribution in [0, 0.1) is 12.3 Å². The zero-order valence-electron chi connectivity index (χ0n) is 11.9. The summed E-state index contributed by atoms with van der Waals surface area (Å²) in [6.07, 6.45) is 7.56. The van der Waals surface area contributed by atoms with Crippen LogP contribution in [0.2, 0.25) is 0 Å². The molecule has 0 aliphatic rings. The molecule has 1 rings (SSSR count). The van der Waals surface area contributed by atoms with Gasteiger partial charge in [0.2, 0.25) is 0 Å². The average molecular weight is 260 g/mol. The third-order valence-corrected chi connectivity index (χ3v) is 3.11. The van der Waals surface area contributed by atoms with Crippen molar-refractivity contribution in [3.8, 4) is 12.3 Å². The van der Waals surface area contributed by atoms with Crippen LogP contribution in [0.4, 0.5) is 0 Å². The molecular weight excluding hydrogens is 236 g/mol. The van der Waals surface area contributed by atoms with E-state index in [-0.39, 0.29) is 12.1 Å². The summed E-state index contributed by atoms with van der Waals surface area (Å²) in [5, 5.41) is 3.43. The number of methoxy groups -OCH3 is 1. The van der Waals surface area contributed by atoms with E-state index in [0.29, 0.717) is 13.2 Å². The Bertz CT molecular complexity index is 394. The van der Waals surface area contributed by atoms with Gasteiger partial charge in [-0.15, -0.1) is 6.42 Å². The lowest BCUT2D eigenvalue weighted by Crippen LogP contribution is -2.35. The van der Waals surface area contributed by atoms with Gasteiger partial charge < -0.3 is 10.5 Å². The van der Waals surface area contributed by atoms with Crippen LogP contribution in [-0.2, 0) is 11.3 Å². The third kappa shape index (κ3) is 5.04. The van der Waals surface area contributed by atoms with Crippen molar-refractivity contribution in [3.63, 3.8) is 0 Å². The van der Waals surface area contributed by atoms with Gasteiger partial charge in [-0.05, 0) is 17.5 Å². The molecule has 3 nitrogen and oxygen atoms in total. The Labute approximate surface area is 116 Å². The molecule has 0 fully saturated rings. The molecule has 0 aliphatic heterocycles. The number of terminal acetylenes is 1. The van der Waals surface area contributed by atoms with Crippen LogP contribution in [0.5, 0.6) is 0 Å². The van der Waals surface area contributed by atoms with Crippen LogP contribution >= 0.6 is 0 Å². The highest BCUT2D eigenvalue weighted by Crippen LogP contribution is 2.15. The molecule has 0 radical (unpaired) electrons. The minimum atomic E-state index is 0.0807. The summed E-state index contributed by atoms with van der Waals surface area (Å²) in [6.45, 7) is 3.29. The van der Waals surface area contributed by atoms with Crippen molar-refractivity contribution in [1.82, 2.24) is 5.32 Å². The van der Waals surface area contributed by atoms with Gasteiger partial charge in [-0.2, -0.15) is 0 Å². The standard InChI is InChI=1S/C16H24N2O/c1-4-6-15(5-2)18-16(11-17)14-9-7-13(8-10-14)12-19-3/h2,7-10,15-16,18H,4,6,11-12,17H2,1,3H3. The SMILES string of the molecule is C#CC(CCC)NC(CN)c1ccc(COC)cc1. The number of hydrogen-bond donors (Lipinski definition) is 2. The Morgan fingerprint density at radius 1 is 1.37 bits per heavy atom. The minimum Gasteiger partial charge on any atom is -0.380 e. The van der Waals surface area contributed by atoms with E-state index in [1.54, 1.807) is 7.11 Å². The molecule has 0 aromatic heterocycles. The highest BCUT2D eigenvalue weighted by molar-refractivity contribution is 5.25. The van der Waals surface area contributed by atoms with Gasteiger partial charge in [-0.1, -0.05) is 43.5 Å². The maximum Gasteiger partial charge on any atom is 0.0713 e. The predicted octanol–water partition coefficient (Wildman–Crippen LogP) is 2.22. The van der Waals surface area contributed by atoms with Crippen LogP contribution in [0.25, 0.3) is 0 Å². The van der Waals surface area contributed by atoms with Crippen molar-refractivity contribution in [1.29, 1.82) is 0 Å². The first-order valence-corrected chi connectivity index (χ1v) is 6.75. The van der Waals surface area contributed by atoms with Gasteiger partial charge in [-0.3, -0.25) is 5.32 Å². The van der Waals surface area contributed by atoms with E-state index in [1.165, 1.54) is 5.56 Å². The van der Waals surface area contributed by atoms with Crippen LogP contribution in [0.3, 0.4) is 0 Å². The Hall–Kier alpha value is -1.34. The molecule has 0 heterocycles. The van der Waals surface area contributed by atoms with Gasteiger partial charge in [0.05, 0.1) is 12.6 Å².